The number of rotatable bonds is 4. The first-order valence-electron chi connectivity index (χ1n) is 5.60. The molecular formula is C12H14BrN3O2. The molecule has 0 unspecified atom stereocenters. The lowest BCUT2D eigenvalue weighted by Gasteiger charge is -2.02. The molecule has 0 bridgehead atoms. The first-order valence-corrected chi connectivity index (χ1v) is 6.39. The van der Waals surface area contributed by atoms with E-state index in [1.54, 1.807) is 0 Å². The van der Waals surface area contributed by atoms with Crippen molar-refractivity contribution >= 4 is 15.9 Å². The molecule has 0 fully saturated rings. The topological polar surface area (TPSA) is 85.2 Å². The number of nitrogens with zero attached hydrogens (tertiary/aromatic N) is 2. The molecule has 0 aliphatic heterocycles. The van der Waals surface area contributed by atoms with Crippen molar-refractivity contribution in [2.75, 3.05) is 6.54 Å². The fourth-order valence-electron chi connectivity index (χ4n) is 1.64. The first kappa shape index (κ1) is 13.2. The summed E-state index contributed by atoms with van der Waals surface area (Å²) in [6, 6.07) is 5.79. The van der Waals surface area contributed by atoms with Gasteiger partial charge in [-0.3, -0.25) is 0 Å². The third-order valence-corrected chi connectivity index (χ3v) is 3.09. The number of aliphatic hydroxyl groups is 1. The van der Waals surface area contributed by atoms with Gasteiger partial charge in [0.1, 0.15) is 6.10 Å². The van der Waals surface area contributed by atoms with E-state index in [-0.39, 0.29) is 5.89 Å². The summed E-state index contributed by atoms with van der Waals surface area (Å²) >= 11 is 3.40. The highest BCUT2D eigenvalue weighted by Crippen LogP contribution is 2.25. The summed E-state index contributed by atoms with van der Waals surface area (Å²) in [5.74, 6) is 0.684. The minimum atomic E-state index is -0.799. The molecule has 1 aromatic carbocycles. The molecule has 0 aliphatic carbocycles. The van der Waals surface area contributed by atoms with Crippen LogP contribution in [0.5, 0.6) is 0 Å². The van der Waals surface area contributed by atoms with Gasteiger partial charge in [0.05, 0.1) is 0 Å². The molecule has 1 aromatic heterocycles. The molecular weight excluding hydrogens is 298 g/mol. The Morgan fingerprint density at radius 3 is 2.94 bits per heavy atom. The maximum atomic E-state index is 9.71. The molecule has 1 atom stereocenters. The Morgan fingerprint density at radius 2 is 2.28 bits per heavy atom. The van der Waals surface area contributed by atoms with Crippen molar-refractivity contribution in [1.82, 2.24) is 10.1 Å². The van der Waals surface area contributed by atoms with Gasteiger partial charge in [-0.15, -0.1) is 0 Å². The number of halogens is 1. The standard InChI is InChI=1S/C12H14BrN3O2/c1-7-6-8(13)2-3-9(7)11-15-12(18-16-11)10(17)4-5-14/h2-3,6,10,17H,4-5,14H2,1H3/t10-/m0/s1. The molecule has 2 aromatic rings. The molecule has 0 spiro atoms. The van der Waals surface area contributed by atoms with E-state index < -0.39 is 6.10 Å². The van der Waals surface area contributed by atoms with Crippen LogP contribution in [0.15, 0.2) is 27.2 Å². The molecule has 5 nitrogen and oxygen atoms in total. The van der Waals surface area contributed by atoms with E-state index in [2.05, 4.69) is 26.1 Å². The molecule has 6 heteroatoms. The number of benzene rings is 1. The maximum absolute atomic E-state index is 9.71. The third kappa shape index (κ3) is 2.77. The number of hydrogen-bond donors (Lipinski definition) is 2. The molecule has 0 saturated heterocycles. The van der Waals surface area contributed by atoms with Crippen LogP contribution >= 0.6 is 15.9 Å². The Labute approximate surface area is 113 Å². The second-order valence-electron chi connectivity index (χ2n) is 4.01. The first-order chi connectivity index (χ1) is 8.61. The minimum Gasteiger partial charge on any atom is -0.383 e. The van der Waals surface area contributed by atoms with E-state index in [1.165, 1.54) is 0 Å². The monoisotopic (exact) mass is 311 g/mol. The summed E-state index contributed by atoms with van der Waals surface area (Å²) in [5, 5.41) is 13.6. The normalized spacial score (nSPS) is 12.7. The summed E-state index contributed by atoms with van der Waals surface area (Å²) in [6.07, 6.45) is -0.395. The number of aliphatic hydroxyl groups excluding tert-OH is 1. The summed E-state index contributed by atoms with van der Waals surface area (Å²) in [7, 11) is 0. The van der Waals surface area contributed by atoms with E-state index in [0.29, 0.717) is 18.8 Å². The number of hydrogen-bond acceptors (Lipinski definition) is 5. The number of aromatic nitrogens is 2. The average molecular weight is 312 g/mol. The minimum absolute atomic E-state index is 0.206. The Hall–Kier alpha value is -1.24. The van der Waals surface area contributed by atoms with Gasteiger partial charge in [-0.05, 0) is 43.7 Å². The fourth-order valence-corrected chi connectivity index (χ4v) is 2.11. The van der Waals surface area contributed by atoms with Crippen LogP contribution in [0.3, 0.4) is 0 Å². The Bertz CT molecular complexity index is 542. The maximum Gasteiger partial charge on any atom is 0.255 e. The zero-order chi connectivity index (χ0) is 13.1. The molecule has 0 aliphatic rings. The Kier molecular flexibility index (Phi) is 4.11. The lowest BCUT2D eigenvalue weighted by molar-refractivity contribution is 0.127. The molecule has 1 heterocycles. The predicted molar refractivity (Wildman–Crippen MR) is 70.8 cm³/mol. The van der Waals surface area contributed by atoms with Crippen molar-refractivity contribution in [2.45, 2.75) is 19.4 Å². The predicted octanol–water partition coefficient (Wildman–Crippen LogP) is 2.19. The number of nitrogens with two attached hydrogens (primary N) is 1. The van der Waals surface area contributed by atoms with Crippen LogP contribution in [0.25, 0.3) is 11.4 Å². The highest BCUT2D eigenvalue weighted by atomic mass is 79.9. The van der Waals surface area contributed by atoms with Gasteiger partial charge >= 0.3 is 0 Å². The molecule has 18 heavy (non-hydrogen) atoms. The van der Waals surface area contributed by atoms with Crippen molar-refractivity contribution in [2.24, 2.45) is 5.73 Å². The molecule has 0 radical (unpaired) electrons. The largest absolute Gasteiger partial charge is 0.383 e. The van der Waals surface area contributed by atoms with Crippen molar-refractivity contribution in [1.29, 1.82) is 0 Å². The summed E-state index contributed by atoms with van der Waals surface area (Å²) < 4.78 is 6.04. The Morgan fingerprint density at radius 1 is 1.50 bits per heavy atom. The van der Waals surface area contributed by atoms with Crippen LogP contribution in [-0.2, 0) is 0 Å². The second-order valence-corrected chi connectivity index (χ2v) is 4.92. The van der Waals surface area contributed by atoms with Crippen molar-refractivity contribution < 1.29 is 9.63 Å². The average Bonchev–Trinajstić information content (AvgIpc) is 2.78. The van der Waals surface area contributed by atoms with Gasteiger partial charge in [-0.1, -0.05) is 21.1 Å². The van der Waals surface area contributed by atoms with Gasteiger partial charge in [0, 0.05) is 10.0 Å². The van der Waals surface area contributed by atoms with Gasteiger partial charge in [0.2, 0.25) is 5.82 Å². The summed E-state index contributed by atoms with van der Waals surface area (Å²) in [6.45, 7) is 2.34. The zero-order valence-electron chi connectivity index (χ0n) is 9.93. The quantitative estimate of drug-likeness (QED) is 0.904. The van der Waals surface area contributed by atoms with E-state index in [4.69, 9.17) is 10.3 Å². The summed E-state index contributed by atoms with van der Waals surface area (Å²) in [4.78, 5) is 4.19. The molecule has 0 saturated carbocycles. The second kappa shape index (κ2) is 5.60. The number of aryl methyl sites for hydroxylation is 1. The van der Waals surface area contributed by atoms with Gasteiger partial charge in [-0.2, -0.15) is 4.98 Å². The van der Waals surface area contributed by atoms with Crippen LogP contribution in [0.4, 0.5) is 0 Å². The van der Waals surface area contributed by atoms with Gasteiger partial charge < -0.3 is 15.4 Å². The van der Waals surface area contributed by atoms with Crippen LogP contribution in [0, 0.1) is 6.92 Å². The van der Waals surface area contributed by atoms with Crippen molar-refractivity contribution in [3.63, 3.8) is 0 Å². The third-order valence-electron chi connectivity index (χ3n) is 2.60. The lowest BCUT2D eigenvalue weighted by Crippen LogP contribution is -2.06. The van der Waals surface area contributed by atoms with Gasteiger partial charge in [0.25, 0.3) is 5.89 Å². The van der Waals surface area contributed by atoms with E-state index in [0.717, 1.165) is 15.6 Å². The lowest BCUT2D eigenvalue weighted by atomic mass is 10.1. The Balaban J connectivity index is 2.29. The van der Waals surface area contributed by atoms with Crippen LogP contribution in [-0.4, -0.2) is 21.8 Å². The van der Waals surface area contributed by atoms with Gasteiger partial charge in [0.15, 0.2) is 0 Å². The van der Waals surface area contributed by atoms with E-state index in [1.807, 2.05) is 25.1 Å². The van der Waals surface area contributed by atoms with E-state index >= 15 is 0 Å². The zero-order valence-corrected chi connectivity index (χ0v) is 11.5. The molecule has 96 valence electrons. The van der Waals surface area contributed by atoms with Crippen molar-refractivity contribution in [3.8, 4) is 11.4 Å². The van der Waals surface area contributed by atoms with Gasteiger partial charge in [-0.25, -0.2) is 0 Å². The van der Waals surface area contributed by atoms with Crippen LogP contribution in [0.2, 0.25) is 0 Å². The van der Waals surface area contributed by atoms with E-state index in [9.17, 15) is 5.11 Å². The van der Waals surface area contributed by atoms with Crippen molar-refractivity contribution in [3.05, 3.63) is 34.1 Å². The summed E-state index contributed by atoms with van der Waals surface area (Å²) in [5.41, 5.74) is 7.29. The van der Waals surface area contributed by atoms with Crippen LogP contribution in [0.1, 0.15) is 24.0 Å². The van der Waals surface area contributed by atoms with Crippen LogP contribution < -0.4 is 5.73 Å². The highest BCUT2D eigenvalue weighted by molar-refractivity contribution is 9.10. The molecule has 2 rings (SSSR count). The SMILES string of the molecule is Cc1cc(Br)ccc1-c1noc([C@@H](O)CCN)n1. The fraction of sp³-hybridized carbons (Fsp3) is 0.333. The highest BCUT2D eigenvalue weighted by Gasteiger charge is 2.17. The molecule has 3 N–H and O–H groups in total. The smallest absolute Gasteiger partial charge is 0.255 e. The molecule has 0 amide bonds.